The van der Waals surface area contributed by atoms with E-state index in [1.807, 2.05) is 54.7 Å². The maximum absolute atomic E-state index is 12.7. The van der Waals surface area contributed by atoms with E-state index in [1.165, 1.54) is 70.6 Å². The summed E-state index contributed by atoms with van der Waals surface area (Å²) in [6.45, 7) is 6.29. The summed E-state index contributed by atoms with van der Waals surface area (Å²) in [5, 5.41) is 0. The van der Waals surface area contributed by atoms with Crippen LogP contribution in [0.2, 0.25) is 0 Å². The monoisotopic (exact) mass is 859 g/mol. The molecule has 0 bridgehead atoms. The zero-order valence-electron chi connectivity index (χ0n) is 39.8. The Bertz CT molecular complexity index is 1310. The predicted molar refractivity (Wildman–Crippen MR) is 265 cm³/mol. The van der Waals surface area contributed by atoms with Gasteiger partial charge in [0.2, 0.25) is 0 Å². The van der Waals surface area contributed by atoms with E-state index in [9.17, 15) is 14.4 Å². The Kier molecular flexibility index (Phi) is 46.6. The van der Waals surface area contributed by atoms with E-state index in [0.717, 1.165) is 89.9 Å². The summed E-state index contributed by atoms with van der Waals surface area (Å²) >= 11 is 0. The van der Waals surface area contributed by atoms with E-state index in [-0.39, 0.29) is 37.5 Å². The maximum atomic E-state index is 12.7. The van der Waals surface area contributed by atoms with Gasteiger partial charge in [0.15, 0.2) is 6.10 Å². The predicted octanol–water partition coefficient (Wildman–Crippen LogP) is 16.4. The quantitative estimate of drug-likeness (QED) is 0.0200. The number of unbranched alkanes of at least 4 members (excludes halogenated alkanes) is 18. The van der Waals surface area contributed by atoms with E-state index in [0.29, 0.717) is 19.3 Å². The van der Waals surface area contributed by atoms with E-state index < -0.39 is 6.10 Å². The third-order valence-corrected chi connectivity index (χ3v) is 10.2. The average Bonchev–Trinajstić information content (AvgIpc) is 3.27. The summed E-state index contributed by atoms with van der Waals surface area (Å²) in [6.07, 6.45) is 66.5. The summed E-state index contributed by atoms with van der Waals surface area (Å²) in [5.41, 5.74) is 0. The largest absolute Gasteiger partial charge is 0.462 e. The summed E-state index contributed by atoms with van der Waals surface area (Å²) < 4.78 is 16.7. The van der Waals surface area contributed by atoms with Gasteiger partial charge in [0.25, 0.3) is 0 Å². The van der Waals surface area contributed by atoms with Crippen molar-refractivity contribution in [1.82, 2.24) is 0 Å². The molecule has 0 amide bonds. The smallest absolute Gasteiger partial charge is 0.306 e. The molecule has 0 aliphatic carbocycles. The van der Waals surface area contributed by atoms with Gasteiger partial charge in [-0.3, -0.25) is 14.4 Å². The number of ether oxygens (including phenoxy) is 3. The van der Waals surface area contributed by atoms with Crippen LogP contribution in [0.5, 0.6) is 0 Å². The fourth-order valence-corrected chi connectivity index (χ4v) is 6.46. The molecule has 0 heterocycles. The highest BCUT2D eigenvalue weighted by Gasteiger charge is 2.19. The molecule has 0 aromatic rings. The number of hydrogen-bond acceptors (Lipinski definition) is 6. The van der Waals surface area contributed by atoms with Crippen molar-refractivity contribution in [1.29, 1.82) is 0 Å². The van der Waals surface area contributed by atoms with Crippen molar-refractivity contribution in [3.63, 3.8) is 0 Å². The molecule has 0 aliphatic heterocycles. The van der Waals surface area contributed by atoms with Crippen LogP contribution < -0.4 is 0 Å². The Morgan fingerprint density at radius 2 is 0.726 bits per heavy atom. The maximum Gasteiger partial charge on any atom is 0.306 e. The Morgan fingerprint density at radius 3 is 1.21 bits per heavy atom. The number of esters is 3. The molecule has 0 aliphatic rings. The molecular formula is C56H90O6. The van der Waals surface area contributed by atoms with Gasteiger partial charge in [-0.2, -0.15) is 0 Å². The van der Waals surface area contributed by atoms with Gasteiger partial charge in [0.1, 0.15) is 13.2 Å². The normalized spacial score (nSPS) is 13.0. The molecule has 0 N–H and O–H groups in total. The molecule has 0 saturated carbocycles. The molecule has 6 nitrogen and oxygen atoms in total. The number of rotatable bonds is 43. The van der Waals surface area contributed by atoms with Crippen LogP contribution in [-0.2, 0) is 28.6 Å². The van der Waals surface area contributed by atoms with Crippen LogP contribution in [-0.4, -0.2) is 37.2 Å². The fraction of sp³-hybridized carbons (Fsp3) is 0.625. The Balaban J connectivity index is 4.48. The van der Waals surface area contributed by atoms with Crippen molar-refractivity contribution in [2.45, 2.75) is 213 Å². The molecule has 1 unspecified atom stereocenters. The van der Waals surface area contributed by atoms with Crippen LogP contribution in [0.1, 0.15) is 207 Å². The molecule has 1 atom stereocenters. The van der Waals surface area contributed by atoms with Crippen LogP contribution in [0.4, 0.5) is 0 Å². The third kappa shape index (κ3) is 47.1. The minimum absolute atomic E-state index is 0.112. The van der Waals surface area contributed by atoms with Gasteiger partial charge in [-0.1, -0.05) is 226 Å². The molecule has 0 fully saturated rings. The van der Waals surface area contributed by atoms with Crippen LogP contribution >= 0.6 is 0 Å². The lowest BCUT2D eigenvalue weighted by atomic mass is 10.0. The lowest BCUT2D eigenvalue weighted by molar-refractivity contribution is -0.167. The Labute approximate surface area is 380 Å². The van der Waals surface area contributed by atoms with Crippen molar-refractivity contribution in [2.24, 2.45) is 0 Å². The molecule has 0 rings (SSSR count). The second kappa shape index (κ2) is 49.7. The second-order valence-electron chi connectivity index (χ2n) is 16.1. The Hall–Kier alpha value is -3.93. The van der Waals surface area contributed by atoms with E-state index in [2.05, 4.69) is 75.5 Å². The third-order valence-electron chi connectivity index (χ3n) is 10.2. The van der Waals surface area contributed by atoms with Crippen molar-refractivity contribution in [3.05, 3.63) is 109 Å². The van der Waals surface area contributed by atoms with Crippen LogP contribution in [0.15, 0.2) is 109 Å². The lowest BCUT2D eigenvalue weighted by Crippen LogP contribution is -2.30. The van der Waals surface area contributed by atoms with Gasteiger partial charge in [-0.25, -0.2) is 0 Å². The molecule has 0 spiro atoms. The van der Waals surface area contributed by atoms with Gasteiger partial charge in [0, 0.05) is 19.3 Å². The first-order chi connectivity index (χ1) is 30.5. The summed E-state index contributed by atoms with van der Waals surface area (Å²) in [7, 11) is 0. The minimum atomic E-state index is -0.820. The zero-order valence-corrected chi connectivity index (χ0v) is 39.8. The molecule has 0 aromatic carbocycles. The van der Waals surface area contributed by atoms with Gasteiger partial charge in [-0.05, 0) is 70.6 Å². The summed E-state index contributed by atoms with van der Waals surface area (Å²) in [5.74, 6) is -1.01. The first-order valence-electron chi connectivity index (χ1n) is 25.0. The summed E-state index contributed by atoms with van der Waals surface area (Å²) in [6, 6.07) is 0. The lowest BCUT2D eigenvalue weighted by Gasteiger charge is -2.18. The molecule has 350 valence electrons. The standard InChI is InChI=1S/C56H90O6/c1-4-7-10-13-16-19-22-25-26-27-28-29-30-32-34-37-40-43-46-49-55(58)61-52-53(51-60-54(57)48-45-42-39-36-33-24-21-18-15-12-9-6-3)62-56(59)50-47-44-41-38-35-31-23-20-17-14-11-8-5-2/h7-8,10-11,14,16-17,19-20,23,25-26,28-29,31,35,38,41,53H,4-6,9,12-13,15,18,21-22,24,27,30,32-34,36-37,39-40,42-52H2,1-3H3/b10-7-,11-8-,17-14-,19-16-,23-20-,26-25-,29-28-,35-31-,41-38-. The van der Waals surface area contributed by atoms with Gasteiger partial charge in [-0.15, -0.1) is 0 Å². The summed E-state index contributed by atoms with van der Waals surface area (Å²) in [4.78, 5) is 37.9. The van der Waals surface area contributed by atoms with Gasteiger partial charge < -0.3 is 14.2 Å². The molecule has 62 heavy (non-hydrogen) atoms. The highest BCUT2D eigenvalue weighted by atomic mass is 16.6. The van der Waals surface area contributed by atoms with Crippen molar-refractivity contribution in [3.8, 4) is 0 Å². The topological polar surface area (TPSA) is 78.9 Å². The van der Waals surface area contributed by atoms with Crippen LogP contribution in [0.25, 0.3) is 0 Å². The SMILES string of the molecule is CC\C=C/C=C\C=C/C=C\C=C/CCCC(=O)OC(COC(=O)CCCCCCCC/C=C\C/C=C\C/C=C\C/C=C\CC)COC(=O)CCCCCCCCCCCCCC. The van der Waals surface area contributed by atoms with Crippen molar-refractivity contribution in [2.75, 3.05) is 13.2 Å². The number of hydrogen-bond donors (Lipinski definition) is 0. The average molecular weight is 859 g/mol. The first-order valence-corrected chi connectivity index (χ1v) is 25.0. The first kappa shape index (κ1) is 58.1. The fourth-order valence-electron chi connectivity index (χ4n) is 6.46. The van der Waals surface area contributed by atoms with E-state index in [4.69, 9.17) is 14.2 Å². The zero-order chi connectivity index (χ0) is 45.1. The Morgan fingerprint density at radius 1 is 0.355 bits per heavy atom. The van der Waals surface area contributed by atoms with E-state index >= 15 is 0 Å². The molecule has 6 heteroatoms. The molecular weight excluding hydrogens is 769 g/mol. The van der Waals surface area contributed by atoms with Crippen molar-refractivity contribution < 1.29 is 28.6 Å². The number of allylic oxidation sites excluding steroid dienone is 18. The number of carbonyl (C=O) groups excluding carboxylic acids is 3. The minimum Gasteiger partial charge on any atom is -0.462 e. The number of carbonyl (C=O) groups is 3. The van der Waals surface area contributed by atoms with Crippen molar-refractivity contribution >= 4 is 17.9 Å². The van der Waals surface area contributed by atoms with Gasteiger partial charge in [0.05, 0.1) is 0 Å². The molecule has 0 saturated heterocycles. The second-order valence-corrected chi connectivity index (χ2v) is 16.1. The highest BCUT2D eigenvalue weighted by molar-refractivity contribution is 5.71. The highest BCUT2D eigenvalue weighted by Crippen LogP contribution is 2.14. The molecule has 0 radical (unpaired) electrons. The van der Waals surface area contributed by atoms with E-state index in [1.54, 1.807) is 0 Å². The van der Waals surface area contributed by atoms with Crippen LogP contribution in [0, 0.1) is 0 Å². The molecule has 0 aromatic heterocycles. The van der Waals surface area contributed by atoms with Gasteiger partial charge >= 0.3 is 17.9 Å². The van der Waals surface area contributed by atoms with Crippen LogP contribution in [0.3, 0.4) is 0 Å².